The highest BCUT2D eigenvalue weighted by molar-refractivity contribution is 5.74. The summed E-state index contributed by atoms with van der Waals surface area (Å²) < 4.78 is 5.84. The van der Waals surface area contributed by atoms with E-state index < -0.39 is 11.4 Å². The molecular weight excluding hydrogens is 240 g/mol. The number of ether oxygens (including phenoxy) is 1. The molecule has 2 rings (SSSR count). The van der Waals surface area contributed by atoms with Crippen LogP contribution in [-0.4, -0.2) is 17.7 Å². The monoisotopic (exact) mass is 262 g/mol. The first-order chi connectivity index (χ1) is 9.05. The van der Waals surface area contributed by atoms with E-state index in [4.69, 9.17) is 4.74 Å². The zero-order valence-electron chi connectivity index (χ0n) is 11.7. The molecule has 19 heavy (non-hydrogen) atoms. The number of carboxylic acid groups (broad SMARTS) is 1. The van der Waals surface area contributed by atoms with Gasteiger partial charge in [0.25, 0.3) is 0 Å². The number of benzene rings is 1. The van der Waals surface area contributed by atoms with Crippen molar-refractivity contribution in [3.63, 3.8) is 0 Å². The number of aryl methyl sites for hydroxylation is 2. The van der Waals surface area contributed by atoms with Crippen molar-refractivity contribution in [3.05, 3.63) is 29.3 Å². The minimum absolute atomic E-state index is 0.484. The van der Waals surface area contributed by atoms with Crippen molar-refractivity contribution >= 4 is 5.97 Å². The standard InChI is InChI=1S/C16H22O3/c1-12-6-5-7-13(2)14(12)19-11-10-16(15(17)18)8-3-4-9-16/h5-7H,3-4,8-11H2,1-2H3,(H,17,18). The van der Waals surface area contributed by atoms with Gasteiger partial charge in [-0.1, -0.05) is 31.0 Å². The van der Waals surface area contributed by atoms with Crippen molar-refractivity contribution in [2.24, 2.45) is 5.41 Å². The Morgan fingerprint density at radius 1 is 1.26 bits per heavy atom. The molecule has 0 aromatic heterocycles. The van der Waals surface area contributed by atoms with Crippen molar-refractivity contribution in [2.75, 3.05) is 6.61 Å². The Hall–Kier alpha value is -1.51. The van der Waals surface area contributed by atoms with Crippen LogP contribution in [0.1, 0.15) is 43.2 Å². The molecule has 0 saturated heterocycles. The second-order valence-electron chi connectivity index (χ2n) is 5.61. The maximum atomic E-state index is 11.4. The molecule has 0 unspecified atom stereocenters. The first kappa shape index (κ1) is 13.9. The second kappa shape index (κ2) is 5.64. The molecule has 1 aromatic rings. The number of para-hydroxylation sites is 1. The Morgan fingerprint density at radius 3 is 2.37 bits per heavy atom. The number of aliphatic carboxylic acids is 1. The summed E-state index contributed by atoms with van der Waals surface area (Å²) in [5.41, 5.74) is 1.67. The third-order valence-corrected chi connectivity index (χ3v) is 4.25. The number of rotatable bonds is 5. The van der Waals surface area contributed by atoms with E-state index in [0.717, 1.165) is 42.6 Å². The van der Waals surface area contributed by atoms with Crippen LogP contribution in [0.15, 0.2) is 18.2 Å². The van der Waals surface area contributed by atoms with Gasteiger partial charge in [-0.2, -0.15) is 0 Å². The van der Waals surface area contributed by atoms with E-state index in [1.807, 2.05) is 32.0 Å². The summed E-state index contributed by atoms with van der Waals surface area (Å²) in [6.45, 7) is 4.52. The summed E-state index contributed by atoms with van der Waals surface area (Å²) in [5.74, 6) is 0.246. The summed E-state index contributed by atoms with van der Waals surface area (Å²) in [6, 6.07) is 6.04. The van der Waals surface area contributed by atoms with Crippen molar-refractivity contribution < 1.29 is 14.6 Å². The molecule has 1 fully saturated rings. The molecule has 0 bridgehead atoms. The van der Waals surface area contributed by atoms with Gasteiger partial charge in [0, 0.05) is 0 Å². The molecule has 104 valence electrons. The lowest BCUT2D eigenvalue weighted by Crippen LogP contribution is -2.29. The van der Waals surface area contributed by atoms with E-state index in [2.05, 4.69) is 0 Å². The van der Waals surface area contributed by atoms with Gasteiger partial charge >= 0.3 is 5.97 Å². The van der Waals surface area contributed by atoms with E-state index in [9.17, 15) is 9.90 Å². The molecule has 0 aliphatic heterocycles. The third-order valence-electron chi connectivity index (χ3n) is 4.25. The van der Waals surface area contributed by atoms with Crippen molar-refractivity contribution in [2.45, 2.75) is 46.0 Å². The minimum atomic E-state index is -0.657. The average molecular weight is 262 g/mol. The highest BCUT2D eigenvalue weighted by atomic mass is 16.5. The number of hydrogen-bond acceptors (Lipinski definition) is 2. The third kappa shape index (κ3) is 2.91. The van der Waals surface area contributed by atoms with Crippen LogP contribution in [0.25, 0.3) is 0 Å². The predicted molar refractivity (Wildman–Crippen MR) is 74.6 cm³/mol. The van der Waals surface area contributed by atoms with Crippen LogP contribution in [0.4, 0.5) is 0 Å². The van der Waals surface area contributed by atoms with Gasteiger partial charge in [0.05, 0.1) is 12.0 Å². The summed E-state index contributed by atoms with van der Waals surface area (Å²) in [4.78, 5) is 11.4. The van der Waals surface area contributed by atoms with Crippen LogP contribution >= 0.6 is 0 Å². The van der Waals surface area contributed by atoms with Gasteiger partial charge in [-0.25, -0.2) is 0 Å². The molecule has 1 aromatic carbocycles. The van der Waals surface area contributed by atoms with Gasteiger partial charge in [-0.15, -0.1) is 0 Å². The lowest BCUT2D eigenvalue weighted by Gasteiger charge is -2.24. The van der Waals surface area contributed by atoms with Crippen LogP contribution in [0, 0.1) is 19.3 Å². The smallest absolute Gasteiger partial charge is 0.309 e. The molecular formula is C16H22O3. The first-order valence-corrected chi connectivity index (χ1v) is 6.98. The van der Waals surface area contributed by atoms with E-state index in [1.54, 1.807) is 0 Å². The predicted octanol–water partition coefficient (Wildman–Crippen LogP) is 3.72. The average Bonchev–Trinajstić information content (AvgIpc) is 2.83. The Labute approximate surface area is 114 Å². The summed E-state index contributed by atoms with van der Waals surface area (Å²) >= 11 is 0. The Balaban J connectivity index is 1.98. The maximum absolute atomic E-state index is 11.4. The molecule has 3 nitrogen and oxygen atoms in total. The SMILES string of the molecule is Cc1cccc(C)c1OCCC1(C(=O)O)CCCC1. The molecule has 0 radical (unpaired) electrons. The van der Waals surface area contributed by atoms with E-state index in [1.165, 1.54) is 0 Å². The molecule has 1 aliphatic carbocycles. The molecule has 1 aliphatic rings. The van der Waals surface area contributed by atoms with Gasteiger partial charge in [-0.05, 0) is 44.2 Å². The largest absolute Gasteiger partial charge is 0.493 e. The zero-order chi connectivity index (χ0) is 13.9. The van der Waals surface area contributed by atoms with Crippen LogP contribution in [-0.2, 0) is 4.79 Å². The molecule has 0 atom stereocenters. The van der Waals surface area contributed by atoms with Crippen LogP contribution in [0.3, 0.4) is 0 Å². The lowest BCUT2D eigenvalue weighted by atomic mass is 9.83. The van der Waals surface area contributed by atoms with Crippen LogP contribution in [0.5, 0.6) is 5.75 Å². The fourth-order valence-electron chi connectivity index (χ4n) is 3.00. The molecule has 1 N–H and O–H groups in total. The number of carboxylic acids is 1. The van der Waals surface area contributed by atoms with Gasteiger partial charge in [0.15, 0.2) is 0 Å². The Morgan fingerprint density at radius 2 is 1.84 bits per heavy atom. The number of carbonyl (C=O) groups is 1. The molecule has 3 heteroatoms. The zero-order valence-corrected chi connectivity index (χ0v) is 11.7. The molecule has 1 saturated carbocycles. The summed E-state index contributed by atoms with van der Waals surface area (Å²) in [6.07, 6.45) is 4.23. The van der Waals surface area contributed by atoms with Crippen molar-refractivity contribution in [3.8, 4) is 5.75 Å². The van der Waals surface area contributed by atoms with E-state index >= 15 is 0 Å². The summed E-state index contributed by atoms with van der Waals surface area (Å²) in [5, 5.41) is 9.41. The first-order valence-electron chi connectivity index (χ1n) is 6.98. The van der Waals surface area contributed by atoms with Gasteiger partial charge in [0.2, 0.25) is 0 Å². The molecule has 0 amide bonds. The molecule has 0 spiro atoms. The van der Waals surface area contributed by atoms with Gasteiger partial charge < -0.3 is 9.84 Å². The van der Waals surface area contributed by atoms with E-state index in [-0.39, 0.29) is 0 Å². The quantitative estimate of drug-likeness (QED) is 0.879. The molecule has 0 heterocycles. The summed E-state index contributed by atoms with van der Waals surface area (Å²) in [7, 11) is 0. The highest BCUT2D eigenvalue weighted by Crippen LogP contribution is 2.41. The highest BCUT2D eigenvalue weighted by Gasteiger charge is 2.40. The normalized spacial score (nSPS) is 17.4. The van der Waals surface area contributed by atoms with E-state index in [0.29, 0.717) is 13.0 Å². The fraction of sp³-hybridized carbons (Fsp3) is 0.562. The topological polar surface area (TPSA) is 46.5 Å². The Bertz CT molecular complexity index is 439. The Kier molecular flexibility index (Phi) is 4.13. The maximum Gasteiger partial charge on any atom is 0.309 e. The van der Waals surface area contributed by atoms with Crippen LogP contribution < -0.4 is 4.74 Å². The van der Waals surface area contributed by atoms with Gasteiger partial charge in [-0.3, -0.25) is 4.79 Å². The van der Waals surface area contributed by atoms with Crippen LogP contribution in [0.2, 0.25) is 0 Å². The van der Waals surface area contributed by atoms with Crippen molar-refractivity contribution in [1.29, 1.82) is 0 Å². The number of hydrogen-bond donors (Lipinski definition) is 1. The lowest BCUT2D eigenvalue weighted by molar-refractivity contribution is -0.149. The second-order valence-corrected chi connectivity index (χ2v) is 5.61. The minimum Gasteiger partial charge on any atom is -0.493 e. The fourth-order valence-corrected chi connectivity index (χ4v) is 3.00. The van der Waals surface area contributed by atoms with Gasteiger partial charge in [0.1, 0.15) is 5.75 Å². The van der Waals surface area contributed by atoms with Crippen molar-refractivity contribution in [1.82, 2.24) is 0 Å².